The maximum atomic E-state index is 12.6. The SMILES string of the molecule is C[C@@H]1Cc2c(C(=O)NCc3cnn4ccccc34)n[nH]c2[C@H](C)O1. The molecule has 124 valence electrons. The topological polar surface area (TPSA) is 84.3 Å². The minimum absolute atomic E-state index is 0.0718. The maximum Gasteiger partial charge on any atom is 0.272 e. The van der Waals surface area contributed by atoms with Crippen LogP contribution in [0.2, 0.25) is 0 Å². The Morgan fingerprint density at radius 1 is 1.46 bits per heavy atom. The molecule has 7 heteroatoms. The van der Waals surface area contributed by atoms with E-state index in [1.165, 1.54) is 0 Å². The summed E-state index contributed by atoms with van der Waals surface area (Å²) in [4.78, 5) is 12.6. The average Bonchev–Trinajstić information content (AvgIpc) is 3.17. The van der Waals surface area contributed by atoms with Crippen LogP contribution in [0.5, 0.6) is 0 Å². The number of nitrogens with zero attached hydrogens (tertiary/aromatic N) is 3. The van der Waals surface area contributed by atoms with Crippen LogP contribution in [0.3, 0.4) is 0 Å². The number of pyridine rings is 1. The van der Waals surface area contributed by atoms with Gasteiger partial charge in [-0.2, -0.15) is 10.2 Å². The molecule has 2 N–H and O–H groups in total. The van der Waals surface area contributed by atoms with Crippen LogP contribution in [0.25, 0.3) is 5.52 Å². The van der Waals surface area contributed by atoms with E-state index in [1.54, 1.807) is 10.7 Å². The van der Waals surface area contributed by atoms with Crippen molar-refractivity contribution in [3.8, 4) is 0 Å². The molecule has 0 saturated heterocycles. The monoisotopic (exact) mass is 325 g/mol. The van der Waals surface area contributed by atoms with Crippen LogP contribution in [0.1, 0.15) is 47.3 Å². The van der Waals surface area contributed by atoms with Crippen molar-refractivity contribution >= 4 is 11.4 Å². The molecule has 0 aliphatic carbocycles. The van der Waals surface area contributed by atoms with Gasteiger partial charge in [0.25, 0.3) is 5.91 Å². The van der Waals surface area contributed by atoms with E-state index < -0.39 is 0 Å². The van der Waals surface area contributed by atoms with E-state index in [4.69, 9.17) is 4.74 Å². The largest absolute Gasteiger partial charge is 0.369 e. The summed E-state index contributed by atoms with van der Waals surface area (Å²) in [6.07, 6.45) is 4.35. The first-order valence-electron chi connectivity index (χ1n) is 8.05. The van der Waals surface area contributed by atoms with E-state index in [9.17, 15) is 4.79 Å². The molecule has 1 aliphatic heterocycles. The summed E-state index contributed by atoms with van der Waals surface area (Å²) in [7, 11) is 0. The minimum Gasteiger partial charge on any atom is -0.369 e. The van der Waals surface area contributed by atoms with Crippen molar-refractivity contribution in [3.05, 3.63) is 53.1 Å². The Balaban J connectivity index is 1.53. The highest BCUT2D eigenvalue weighted by Gasteiger charge is 2.29. The number of rotatable bonds is 3. The van der Waals surface area contributed by atoms with Gasteiger partial charge in [0.1, 0.15) is 0 Å². The van der Waals surface area contributed by atoms with E-state index in [0.717, 1.165) is 22.3 Å². The van der Waals surface area contributed by atoms with Gasteiger partial charge >= 0.3 is 0 Å². The molecule has 7 nitrogen and oxygen atoms in total. The third kappa shape index (κ3) is 2.46. The Hall–Kier alpha value is -2.67. The number of fused-ring (bicyclic) bond motifs is 2. The number of ether oxygens (including phenoxy) is 1. The maximum absolute atomic E-state index is 12.6. The van der Waals surface area contributed by atoms with Gasteiger partial charge in [-0.05, 0) is 26.0 Å². The van der Waals surface area contributed by atoms with Gasteiger partial charge in [-0.15, -0.1) is 0 Å². The van der Waals surface area contributed by atoms with Crippen molar-refractivity contribution in [1.29, 1.82) is 0 Å². The molecule has 0 spiro atoms. The number of amides is 1. The standard InChI is InChI=1S/C17H19N5O2/c1-10-7-13-15(11(2)24-10)20-21-16(13)17(23)18-8-12-9-19-22-6-4-3-5-14(12)22/h3-6,9-11H,7-8H2,1-2H3,(H,18,23)(H,20,21)/t10-,11+/m1/s1. The highest BCUT2D eigenvalue weighted by Crippen LogP contribution is 2.30. The molecule has 4 rings (SSSR count). The van der Waals surface area contributed by atoms with E-state index in [2.05, 4.69) is 20.6 Å². The number of nitrogens with one attached hydrogen (secondary N) is 2. The van der Waals surface area contributed by atoms with Crippen LogP contribution >= 0.6 is 0 Å². The molecule has 3 aromatic heterocycles. The smallest absolute Gasteiger partial charge is 0.272 e. The molecule has 3 aromatic rings. The van der Waals surface area contributed by atoms with Crippen molar-refractivity contribution < 1.29 is 9.53 Å². The van der Waals surface area contributed by atoms with Gasteiger partial charge in [0.05, 0.1) is 29.6 Å². The van der Waals surface area contributed by atoms with Gasteiger partial charge in [-0.3, -0.25) is 9.89 Å². The van der Waals surface area contributed by atoms with Crippen molar-refractivity contribution in [2.24, 2.45) is 0 Å². The van der Waals surface area contributed by atoms with Crippen molar-refractivity contribution in [2.45, 2.75) is 39.0 Å². The molecular formula is C17H19N5O2. The molecule has 0 radical (unpaired) electrons. The third-order valence-electron chi connectivity index (χ3n) is 4.39. The molecule has 0 bridgehead atoms. The molecule has 1 amide bonds. The Morgan fingerprint density at radius 2 is 2.33 bits per heavy atom. The van der Waals surface area contributed by atoms with Crippen molar-refractivity contribution in [2.75, 3.05) is 0 Å². The van der Waals surface area contributed by atoms with Crippen LogP contribution in [-0.4, -0.2) is 31.8 Å². The summed E-state index contributed by atoms with van der Waals surface area (Å²) in [5.74, 6) is -0.177. The van der Waals surface area contributed by atoms with Gasteiger partial charge in [0, 0.05) is 30.3 Å². The quantitative estimate of drug-likeness (QED) is 0.771. The van der Waals surface area contributed by atoms with E-state index in [0.29, 0.717) is 18.7 Å². The van der Waals surface area contributed by atoms with Crippen LogP contribution in [-0.2, 0) is 17.7 Å². The summed E-state index contributed by atoms with van der Waals surface area (Å²) >= 11 is 0. The zero-order valence-electron chi connectivity index (χ0n) is 13.6. The van der Waals surface area contributed by atoms with Crippen LogP contribution in [0, 0.1) is 0 Å². The second-order valence-electron chi connectivity index (χ2n) is 6.14. The first-order chi connectivity index (χ1) is 11.6. The molecule has 0 aromatic carbocycles. The summed E-state index contributed by atoms with van der Waals surface area (Å²) in [5, 5.41) is 14.4. The Labute approximate surface area is 139 Å². The fourth-order valence-corrected chi connectivity index (χ4v) is 3.24. The molecule has 0 fully saturated rings. The predicted molar refractivity (Wildman–Crippen MR) is 87.6 cm³/mol. The predicted octanol–water partition coefficient (Wildman–Crippen LogP) is 2.01. The van der Waals surface area contributed by atoms with Crippen LogP contribution in [0.4, 0.5) is 0 Å². The normalized spacial score (nSPS) is 20.1. The molecule has 0 unspecified atom stereocenters. The average molecular weight is 325 g/mol. The lowest BCUT2D eigenvalue weighted by Gasteiger charge is -2.25. The number of hydrogen-bond donors (Lipinski definition) is 2. The van der Waals surface area contributed by atoms with Crippen molar-refractivity contribution in [3.63, 3.8) is 0 Å². The highest BCUT2D eigenvalue weighted by molar-refractivity contribution is 5.94. The zero-order valence-corrected chi connectivity index (χ0v) is 13.6. The molecule has 24 heavy (non-hydrogen) atoms. The minimum atomic E-state index is -0.177. The van der Waals surface area contributed by atoms with Crippen LogP contribution < -0.4 is 5.32 Å². The molecule has 1 aliphatic rings. The van der Waals surface area contributed by atoms with Crippen LogP contribution in [0.15, 0.2) is 30.6 Å². The fourth-order valence-electron chi connectivity index (χ4n) is 3.24. The second-order valence-corrected chi connectivity index (χ2v) is 6.14. The number of H-pyrrole nitrogens is 1. The second kappa shape index (κ2) is 5.76. The van der Waals surface area contributed by atoms with Crippen molar-refractivity contribution in [1.82, 2.24) is 25.1 Å². The summed E-state index contributed by atoms with van der Waals surface area (Å²) < 4.78 is 7.55. The van der Waals surface area contributed by atoms with Gasteiger partial charge in [-0.1, -0.05) is 6.07 Å². The van der Waals surface area contributed by atoms with Gasteiger partial charge in [0.2, 0.25) is 0 Å². The summed E-state index contributed by atoms with van der Waals surface area (Å²) in [5.41, 5.74) is 4.27. The molecule has 0 saturated carbocycles. The van der Waals surface area contributed by atoms with E-state index in [1.807, 2.05) is 38.2 Å². The van der Waals surface area contributed by atoms with Gasteiger partial charge in [0.15, 0.2) is 5.69 Å². The van der Waals surface area contributed by atoms with E-state index >= 15 is 0 Å². The van der Waals surface area contributed by atoms with E-state index in [-0.39, 0.29) is 18.1 Å². The number of aromatic nitrogens is 4. The fraction of sp³-hybridized carbons (Fsp3) is 0.353. The number of aromatic amines is 1. The van der Waals surface area contributed by atoms with Gasteiger partial charge < -0.3 is 10.1 Å². The van der Waals surface area contributed by atoms with Gasteiger partial charge in [-0.25, -0.2) is 4.52 Å². The first-order valence-corrected chi connectivity index (χ1v) is 8.05. The number of carbonyl (C=O) groups is 1. The zero-order chi connectivity index (χ0) is 16.7. The third-order valence-corrected chi connectivity index (χ3v) is 4.39. The first kappa shape index (κ1) is 14.9. The Kier molecular flexibility index (Phi) is 3.57. The number of carbonyl (C=O) groups excluding carboxylic acids is 1. The lowest BCUT2D eigenvalue weighted by atomic mass is 9.99. The number of hydrogen-bond acceptors (Lipinski definition) is 4. The molecular weight excluding hydrogens is 306 g/mol. The highest BCUT2D eigenvalue weighted by atomic mass is 16.5. The molecule has 2 atom stereocenters. The Morgan fingerprint density at radius 3 is 3.21 bits per heavy atom. The lowest BCUT2D eigenvalue weighted by molar-refractivity contribution is -0.00697. The molecule has 4 heterocycles. The lowest BCUT2D eigenvalue weighted by Crippen LogP contribution is -2.27. The Bertz CT molecular complexity index is 897. The summed E-state index contributed by atoms with van der Waals surface area (Å²) in [6, 6.07) is 5.85. The summed E-state index contributed by atoms with van der Waals surface area (Å²) in [6.45, 7) is 4.38.